The van der Waals surface area contributed by atoms with Gasteiger partial charge >= 0.3 is 0 Å². The molecule has 0 fully saturated rings. The maximum atomic E-state index is 8.74. The molecule has 0 aromatic carbocycles. The van der Waals surface area contributed by atoms with Gasteiger partial charge in [-0.15, -0.1) is 0 Å². The summed E-state index contributed by atoms with van der Waals surface area (Å²) in [6, 6.07) is 0. The maximum absolute atomic E-state index is 8.74. The van der Waals surface area contributed by atoms with Crippen molar-refractivity contribution in [1.29, 1.82) is 0 Å². The van der Waals surface area contributed by atoms with Crippen molar-refractivity contribution in [3.05, 3.63) is 0 Å². The fraction of sp³-hybridized carbons (Fsp3) is 1.00. The molecule has 0 aliphatic carbocycles. The van der Waals surface area contributed by atoms with E-state index in [9.17, 15) is 0 Å². The van der Waals surface area contributed by atoms with Crippen molar-refractivity contribution in [2.75, 3.05) is 31.3 Å². The summed E-state index contributed by atoms with van der Waals surface area (Å²) in [5, 5.41) is 8.74. The number of hydrogen-bond donors (Lipinski definition) is 1. The summed E-state index contributed by atoms with van der Waals surface area (Å²) < 4.78 is 5.79. The zero-order valence-electron chi connectivity index (χ0n) is 20.6. The van der Waals surface area contributed by atoms with Gasteiger partial charge in [0.15, 0.2) is 0 Å². The second-order valence-electron chi connectivity index (χ2n) is 9.95. The zero-order chi connectivity index (χ0) is 21.7. The summed E-state index contributed by atoms with van der Waals surface area (Å²) >= 11 is 1.93. The number of ether oxygens (including phenoxy) is 1. The molecule has 3 atom stereocenters. The van der Waals surface area contributed by atoms with Gasteiger partial charge in [0.1, 0.15) is 0 Å². The SMILES string of the molecule is CC(C)CCCC(C)CCCC(C)CCCC(C)CCOCCCSCCCO. The molecule has 0 rings (SSSR count). The van der Waals surface area contributed by atoms with Crippen LogP contribution in [-0.4, -0.2) is 36.4 Å². The van der Waals surface area contributed by atoms with Crippen LogP contribution in [0.2, 0.25) is 0 Å². The molecule has 0 aliphatic rings. The molecule has 0 aromatic heterocycles. The van der Waals surface area contributed by atoms with E-state index in [1.165, 1.54) is 64.2 Å². The van der Waals surface area contributed by atoms with Gasteiger partial charge in [-0.2, -0.15) is 11.8 Å². The number of thioether (sulfide) groups is 1. The monoisotopic (exact) mass is 430 g/mol. The first kappa shape index (κ1) is 29.3. The van der Waals surface area contributed by atoms with Gasteiger partial charge in [0.2, 0.25) is 0 Å². The third-order valence-electron chi connectivity index (χ3n) is 6.05. The first-order chi connectivity index (χ1) is 14.0. The average molecular weight is 431 g/mol. The Hall–Kier alpha value is 0.270. The first-order valence-corrected chi connectivity index (χ1v) is 13.9. The molecule has 0 aromatic rings. The summed E-state index contributed by atoms with van der Waals surface area (Å²) in [6.45, 7) is 14.1. The lowest BCUT2D eigenvalue weighted by Crippen LogP contribution is -2.05. The highest BCUT2D eigenvalue weighted by Gasteiger charge is 2.08. The van der Waals surface area contributed by atoms with E-state index < -0.39 is 0 Å². The second kappa shape index (κ2) is 21.5. The lowest BCUT2D eigenvalue weighted by Gasteiger charge is -2.16. The van der Waals surface area contributed by atoms with Gasteiger partial charge < -0.3 is 9.84 Å². The third kappa shape index (κ3) is 22.8. The van der Waals surface area contributed by atoms with E-state index in [0.29, 0.717) is 6.61 Å². The summed E-state index contributed by atoms with van der Waals surface area (Å²) in [5.41, 5.74) is 0. The van der Waals surface area contributed by atoms with Crippen molar-refractivity contribution in [2.45, 2.75) is 112 Å². The van der Waals surface area contributed by atoms with Crippen LogP contribution in [0.3, 0.4) is 0 Å². The van der Waals surface area contributed by atoms with Crippen LogP contribution < -0.4 is 0 Å². The summed E-state index contributed by atoms with van der Waals surface area (Å²) in [6.07, 6.45) is 15.9. The highest BCUT2D eigenvalue weighted by Crippen LogP contribution is 2.22. The van der Waals surface area contributed by atoms with Crippen molar-refractivity contribution in [1.82, 2.24) is 0 Å². The minimum Gasteiger partial charge on any atom is -0.396 e. The molecule has 176 valence electrons. The molecule has 0 radical (unpaired) electrons. The van der Waals surface area contributed by atoms with E-state index in [1.807, 2.05) is 11.8 Å². The Bertz CT molecular complexity index is 322. The molecule has 0 aliphatic heterocycles. The Balaban J connectivity index is 3.42. The van der Waals surface area contributed by atoms with Gasteiger partial charge in [0.05, 0.1) is 0 Å². The number of aliphatic hydroxyl groups is 1. The summed E-state index contributed by atoms with van der Waals surface area (Å²) in [5.74, 6) is 5.70. The van der Waals surface area contributed by atoms with Gasteiger partial charge in [-0.05, 0) is 54.4 Å². The molecule has 0 heterocycles. The van der Waals surface area contributed by atoms with E-state index in [2.05, 4.69) is 34.6 Å². The molecule has 2 nitrogen and oxygen atoms in total. The van der Waals surface area contributed by atoms with Crippen molar-refractivity contribution in [3.63, 3.8) is 0 Å². The van der Waals surface area contributed by atoms with Crippen LogP contribution in [-0.2, 0) is 4.74 Å². The van der Waals surface area contributed by atoms with Crippen molar-refractivity contribution >= 4 is 11.8 Å². The minimum absolute atomic E-state index is 0.317. The average Bonchev–Trinajstić information content (AvgIpc) is 2.66. The normalized spacial score (nSPS) is 15.0. The van der Waals surface area contributed by atoms with Gasteiger partial charge in [-0.1, -0.05) is 92.4 Å². The van der Waals surface area contributed by atoms with Crippen LogP contribution in [0, 0.1) is 23.7 Å². The van der Waals surface area contributed by atoms with Crippen LogP contribution in [0.25, 0.3) is 0 Å². The van der Waals surface area contributed by atoms with Gasteiger partial charge in [0.25, 0.3) is 0 Å². The van der Waals surface area contributed by atoms with Crippen LogP contribution in [0.15, 0.2) is 0 Å². The first-order valence-electron chi connectivity index (χ1n) is 12.7. The Morgan fingerprint density at radius 3 is 1.59 bits per heavy atom. The predicted octanol–water partition coefficient (Wildman–Crippen LogP) is 7.97. The molecule has 3 heteroatoms. The van der Waals surface area contributed by atoms with Crippen LogP contribution in [0.4, 0.5) is 0 Å². The molecule has 1 N–H and O–H groups in total. The Morgan fingerprint density at radius 2 is 1.07 bits per heavy atom. The lowest BCUT2D eigenvalue weighted by atomic mass is 9.91. The van der Waals surface area contributed by atoms with Crippen molar-refractivity contribution < 1.29 is 9.84 Å². The maximum Gasteiger partial charge on any atom is 0.0473 e. The molecule has 0 spiro atoms. The molecule has 29 heavy (non-hydrogen) atoms. The molecule has 3 unspecified atom stereocenters. The molecular formula is C26H54O2S. The predicted molar refractivity (Wildman–Crippen MR) is 133 cm³/mol. The highest BCUT2D eigenvalue weighted by molar-refractivity contribution is 7.99. The largest absolute Gasteiger partial charge is 0.396 e. The zero-order valence-corrected chi connectivity index (χ0v) is 21.4. The molecule has 0 bridgehead atoms. The van der Waals surface area contributed by atoms with E-state index in [1.54, 1.807) is 0 Å². The standard InChI is InChI=1S/C26H54O2S/c1-23(2)11-6-12-24(3)13-7-14-25(4)15-8-16-26(5)17-20-28-19-10-22-29-21-9-18-27/h23-27H,6-22H2,1-5H3. The fourth-order valence-electron chi connectivity index (χ4n) is 3.86. The van der Waals surface area contributed by atoms with Gasteiger partial charge in [-0.25, -0.2) is 0 Å². The quantitative estimate of drug-likeness (QED) is 0.177. The lowest BCUT2D eigenvalue weighted by molar-refractivity contribution is 0.121. The molecule has 0 amide bonds. The second-order valence-corrected chi connectivity index (χ2v) is 11.2. The van der Waals surface area contributed by atoms with Gasteiger partial charge in [-0.3, -0.25) is 0 Å². The fourth-order valence-corrected chi connectivity index (χ4v) is 4.71. The Kier molecular flexibility index (Phi) is 21.7. The molecule has 0 saturated carbocycles. The van der Waals surface area contributed by atoms with E-state index in [-0.39, 0.29) is 0 Å². The third-order valence-corrected chi connectivity index (χ3v) is 7.20. The van der Waals surface area contributed by atoms with E-state index in [4.69, 9.17) is 9.84 Å². The van der Waals surface area contributed by atoms with Crippen molar-refractivity contribution in [3.8, 4) is 0 Å². The smallest absolute Gasteiger partial charge is 0.0473 e. The Morgan fingerprint density at radius 1 is 0.586 bits per heavy atom. The van der Waals surface area contributed by atoms with Crippen LogP contribution in [0.1, 0.15) is 112 Å². The summed E-state index contributed by atoms with van der Waals surface area (Å²) in [4.78, 5) is 0. The molecular weight excluding hydrogens is 376 g/mol. The molecule has 0 saturated heterocycles. The van der Waals surface area contributed by atoms with Gasteiger partial charge in [0, 0.05) is 19.8 Å². The van der Waals surface area contributed by atoms with E-state index >= 15 is 0 Å². The highest BCUT2D eigenvalue weighted by atomic mass is 32.2. The number of rotatable bonds is 22. The number of aliphatic hydroxyl groups excluding tert-OH is 1. The summed E-state index contributed by atoms with van der Waals surface area (Å²) in [7, 11) is 0. The number of hydrogen-bond acceptors (Lipinski definition) is 3. The Labute approximate surface area is 188 Å². The van der Waals surface area contributed by atoms with Crippen LogP contribution in [0.5, 0.6) is 0 Å². The topological polar surface area (TPSA) is 29.5 Å². The van der Waals surface area contributed by atoms with Crippen molar-refractivity contribution in [2.24, 2.45) is 23.7 Å². The van der Waals surface area contributed by atoms with Crippen LogP contribution >= 0.6 is 11.8 Å². The minimum atomic E-state index is 0.317. The van der Waals surface area contributed by atoms with E-state index in [0.717, 1.165) is 61.2 Å².